The number of hydrogen-bond acceptors (Lipinski definition) is 4. The molecule has 0 saturated heterocycles. The smallest absolute Gasteiger partial charge is 0 e. The van der Waals surface area contributed by atoms with Crippen LogP contribution < -0.4 is 4.40 Å². The molecular weight excluding hydrogens is 925 g/mol. The number of benzene rings is 5. The number of fused-ring (bicyclic) bond motifs is 4. The first kappa shape index (κ1) is 29.2. The largest absolute Gasteiger partial charge is 0 e. The molecule has 0 N–H and O–H groups in total. The fourth-order valence-corrected chi connectivity index (χ4v) is 9.18. The summed E-state index contributed by atoms with van der Waals surface area (Å²) in [5.74, 6) is 7.75. The van der Waals surface area contributed by atoms with Gasteiger partial charge in [0.15, 0.2) is 0 Å². The van der Waals surface area contributed by atoms with Crippen molar-refractivity contribution in [1.82, 2.24) is 19.5 Å². The van der Waals surface area contributed by atoms with Gasteiger partial charge in [-0.1, -0.05) is 59.0 Å². The van der Waals surface area contributed by atoms with Gasteiger partial charge in [-0.05, 0) is 80.4 Å². The fourth-order valence-electron chi connectivity index (χ4n) is 7.01. The monoisotopic (exact) mass is 980 g/mol. The summed E-state index contributed by atoms with van der Waals surface area (Å²) in [6.07, 6.45) is 3.39. The van der Waals surface area contributed by atoms with Crippen molar-refractivity contribution in [2.45, 2.75) is 51.7 Å². The Hall–Kier alpha value is -5.14. The van der Waals surface area contributed by atoms with Crippen molar-refractivity contribution >= 4 is 50.8 Å². The van der Waals surface area contributed by atoms with Gasteiger partial charge in [0.05, 0.1) is 22.4 Å². The molecule has 281 valence electrons. The van der Waals surface area contributed by atoms with Crippen molar-refractivity contribution in [3.8, 4) is 39.5 Å². The van der Waals surface area contributed by atoms with Crippen molar-refractivity contribution in [3.63, 3.8) is 0 Å². The van der Waals surface area contributed by atoms with Crippen molar-refractivity contribution in [1.29, 1.82) is 0 Å². The molecule has 5 aromatic carbocycles. The second-order valence-corrected chi connectivity index (χ2v) is 25.3. The molecule has 9 rings (SSSR count). The maximum absolute atomic E-state index is 8.23. The van der Waals surface area contributed by atoms with Crippen molar-refractivity contribution in [2.24, 2.45) is 0 Å². The van der Waals surface area contributed by atoms with E-state index in [4.69, 9.17) is 21.7 Å². The third kappa shape index (κ3) is 7.42. The molecule has 0 bridgehead atoms. The number of para-hydroxylation sites is 3. The van der Waals surface area contributed by atoms with Crippen LogP contribution in [0.4, 0.5) is 0 Å². The normalized spacial score (nSPS) is 14.5. The van der Waals surface area contributed by atoms with E-state index in [0.29, 0.717) is 27.7 Å². The van der Waals surface area contributed by atoms with E-state index < -0.39 is 33.8 Å². The van der Waals surface area contributed by atoms with Crippen molar-refractivity contribution < 1.29 is 36.9 Å². The Morgan fingerprint density at radius 2 is 1.48 bits per heavy atom. The minimum atomic E-state index is -2.82. The van der Waals surface area contributed by atoms with Gasteiger partial charge in [0.2, 0.25) is 5.71 Å². The number of rotatable bonds is 5. The van der Waals surface area contributed by atoms with E-state index in [-0.39, 0.29) is 53.6 Å². The Morgan fingerprint density at radius 3 is 2.16 bits per heavy atom. The van der Waals surface area contributed by atoms with E-state index in [2.05, 4.69) is 56.1 Å². The van der Waals surface area contributed by atoms with Gasteiger partial charge < -0.3 is 8.98 Å². The average Bonchev–Trinajstić information content (AvgIpc) is 3.81. The number of furan rings is 1. The first-order valence-corrected chi connectivity index (χ1v) is 25.4. The predicted octanol–water partition coefficient (Wildman–Crippen LogP) is 12.1. The number of aromatic nitrogens is 4. The maximum atomic E-state index is 8.23. The quantitative estimate of drug-likeness (QED) is 0.127. The van der Waals surface area contributed by atoms with Gasteiger partial charge in [-0.25, -0.2) is 4.98 Å². The molecule has 0 spiro atoms. The van der Waals surface area contributed by atoms with Crippen LogP contribution in [0, 0.1) is 46.5 Å². The van der Waals surface area contributed by atoms with E-state index in [1.165, 1.54) is 10.6 Å². The molecular formula is C49H44GeIrN4O-2. The molecule has 0 aliphatic rings. The molecule has 0 aliphatic heterocycles. The number of aryl methyl sites for hydroxylation is 5. The molecule has 4 heterocycles. The summed E-state index contributed by atoms with van der Waals surface area (Å²) >= 11 is -1.72. The first-order chi connectivity index (χ1) is 30.1. The summed E-state index contributed by atoms with van der Waals surface area (Å²) in [6, 6.07) is 40.0. The van der Waals surface area contributed by atoms with E-state index in [1.807, 2.05) is 86.8 Å². The molecule has 4 aromatic heterocycles. The standard InChI is InChI=1S/C35H28N3O.C14H16GeN.Ir/c1-20-16-23(4)31(24(5)17-20)25-18-28-26-12-9-13-27(33(26)39-35(28)36-19-25)34-37-29-14-6-7-15-30(29)38(34)32-21(2)10-8-11-22(32)3;1-15(2,3)13-9-10-14(16-11-13)12-7-5-4-6-8-12;/h6-12,14-19H,1-5H3;4-7,9-11H,1-3H3;/q2*-1;/i1D3,4D3,5D3;;. The average molecular weight is 979 g/mol. The summed E-state index contributed by atoms with van der Waals surface area (Å²) in [5.41, 5.74) is 7.11. The molecule has 0 fully saturated rings. The number of nitrogens with zero attached hydrogens (tertiary/aromatic N) is 4. The molecule has 0 unspecified atom stereocenters. The van der Waals surface area contributed by atoms with Gasteiger partial charge in [-0.2, -0.15) is 0 Å². The maximum Gasteiger partial charge on any atom is 0 e. The summed E-state index contributed by atoms with van der Waals surface area (Å²) in [5, 5.41) is 1.15. The van der Waals surface area contributed by atoms with Gasteiger partial charge in [0.25, 0.3) is 0 Å². The first-order valence-electron chi connectivity index (χ1n) is 22.5. The van der Waals surface area contributed by atoms with Crippen LogP contribution in [0.1, 0.15) is 40.2 Å². The Balaban J connectivity index is 0.000000313. The third-order valence-electron chi connectivity index (χ3n) is 9.78. The Labute approximate surface area is 358 Å². The molecule has 9 aromatic rings. The minimum Gasteiger partial charge on any atom is 0 e. The predicted molar refractivity (Wildman–Crippen MR) is 231 cm³/mol. The Kier molecular flexibility index (Phi) is 8.21. The van der Waals surface area contributed by atoms with Gasteiger partial charge in [0, 0.05) is 55.3 Å². The SMILES string of the molecule is [2H]C([2H])([2H])c1cc(C([2H])([2H])[2H])c(-c2cnc3oc4c(-c5nc6ccccc6n5-c5c(C)cccc5C)[c-]ccc4c3c2)c(C([2H])([2H])[2H])c1.[CH3][Ge]([CH3])([CH3])[c]1ccc(-c2[c-]cccc2)nc1.[Ir]. The van der Waals surface area contributed by atoms with Crippen LogP contribution in [0.3, 0.4) is 0 Å². The third-order valence-corrected chi connectivity index (χ3v) is 14.0. The van der Waals surface area contributed by atoms with E-state index in [0.717, 1.165) is 51.2 Å². The zero-order valence-electron chi connectivity index (χ0n) is 40.6. The fraction of sp³-hybridized carbons (Fsp3) is 0.163. The molecule has 56 heavy (non-hydrogen) atoms. The summed E-state index contributed by atoms with van der Waals surface area (Å²) < 4.78 is 82.9. The second kappa shape index (κ2) is 15.8. The van der Waals surface area contributed by atoms with E-state index in [1.54, 1.807) is 18.2 Å². The zero-order valence-corrected chi connectivity index (χ0v) is 36.1. The number of pyridine rings is 2. The van der Waals surface area contributed by atoms with Crippen LogP contribution in [-0.4, -0.2) is 32.8 Å². The number of imidazole rings is 1. The van der Waals surface area contributed by atoms with Gasteiger partial charge in [-0.15, -0.1) is 18.2 Å². The molecule has 0 amide bonds. The van der Waals surface area contributed by atoms with Crippen molar-refractivity contribution in [2.75, 3.05) is 0 Å². The summed E-state index contributed by atoms with van der Waals surface area (Å²) in [7, 11) is 0. The molecule has 7 heteroatoms. The van der Waals surface area contributed by atoms with E-state index in [9.17, 15) is 0 Å². The summed E-state index contributed by atoms with van der Waals surface area (Å²) in [4.78, 5) is 14.1. The van der Waals surface area contributed by atoms with E-state index >= 15 is 0 Å². The second-order valence-electron chi connectivity index (χ2n) is 14.7. The van der Waals surface area contributed by atoms with Crippen LogP contribution in [0.25, 0.3) is 72.6 Å². The van der Waals surface area contributed by atoms with Crippen LogP contribution in [0.2, 0.25) is 17.3 Å². The molecule has 0 saturated carbocycles. The molecule has 0 aliphatic carbocycles. The minimum absolute atomic E-state index is 0. The van der Waals surface area contributed by atoms with Crippen LogP contribution >= 0.6 is 0 Å². The van der Waals surface area contributed by atoms with Crippen molar-refractivity contribution in [3.05, 3.63) is 162 Å². The number of hydrogen-bond donors (Lipinski definition) is 0. The zero-order chi connectivity index (χ0) is 45.9. The van der Waals surface area contributed by atoms with Crippen LogP contribution in [0.5, 0.6) is 0 Å². The van der Waals surface area contributed by atoms with Gasteiger partial charge >= 0.3 is 99.8 Å². The topological polar surface area (TPSA) is 56.7 Å². The molecule has 1 radical (unpaired) electrons. The molecule has 0 atom stereocenters. The van der Waals surface area contributed by atoms with Gasteiger partial charge in [0.1, 0.15) is 0 Å². The molecule has 5 nitrogen and oxygen atoms in total. The summed E-state index contributed by atoms with van der Waals surface area (Å²) in [6.45, 7) is -4.27. The Morgan fingerprint density at radius 1 is 0.714 bits per heavy atom. The van der Waals surface area contributed by atoms with Crippen LogP contribution in [0.15, 0.2) is 126 Å². The Bertz CT molecular complexity index is 3130. The van der Waals surface area contributed by atoms with Crippen LogP contribution in [-0.2, 0) is 20.1 Å². The van der Waals surface area contributed by atoms with Gasteiger partial charge in [-0.3, -0.25) is 4.98 Å².